The first-order valence-corrected chi connectivity index (χ1v) is 46.9. The van der Waals surface area contributed by atoms with Crippen LogP contribution in [0.1, 0.15) is 99.5 Å². The van der Waals surface area contributed by atoms with Crippen LogP contribution < -0.4 is 26.6 Å². The van der Waals surface area contributed by atoms with Crippen molar-refractivity contribution in [2.24, 2.45) is 0 Å². The van der Waals surface area contributed by atoms with Crippen LogP contribution in [0, 0.1) is 0 Å². The number of para-hydroxylation sites is 4. The summed E-state index contributed by atoms with van der Waals surface area (Å²) in [6.45, 7) is 9.84. The maximum atomic E-state index is 13.2. The second kappa shape index (κ2) is 40.4. The van der Waals surface area contributed by atoms with E-state index < -0.39 is 0 Å². The smallest absolute Gasteiger partial charge is 0.321 e. The molecular weight excluding hydrogens is 1830 g/mol. The number of anilines is 3. The monoisotopic (exact) mass is 1920 g/mol. The summed E-state index contributed by atoms with van der Waals surface area (Å²) in [4.78, 5) is 176. The molecule has 722 valence electrons. The highest BCUT2D eigenvalue weighted by molar-refractivity contribution is 6.10. The molecule has 42 heteroatoms. The molecule has 0 atom stereocenters. The van der Waals surface area contributed by atoms with Crippen LogP contribution in [0.15, 0.2) is 196 Å². The molecule has 13 N–H and O–H groups in total. The number of urea groups is 2. The molecule has 144 heavy (non-hydrogen) atoms. The van der Waals surface area contributed by atoms with E-state index in [9.17, 15) is 38.4 Å². The van der Waals surface area contributed by atoms with Gasteiger partial charge in [0.2, 0.25) is 5.91 Å². The zero-order valence-electron chi connectivity index (χ0n) is 79.2. The fourth-order valence-corrected chi connectivity index (χ4v) is 17.4. The summed E-state index contributed by atoms with van der Waals surface area (Å²) >= 11 is 0. The molecule has 3 aliphatic rings. The van der Waals surface area contributed by atoms with Gasteiger partial charge in [-0.25, -0.2) is 49.5 Å². The number of pyridine rings is 8. The number of amides is 9. The van der Waals surface area contributed by atoms with Gasteiger partial charge in [0.1, 0.15) is 50.6 Å². The third kappa shape index (κ3) is 19.3. The summed E-state index contributed by atoms with van der Waals surface area (Å²) in [7, 11) is 8.58. The fraction of sp³-hybridized carbons (Fsp3) is 0.216. The van der Waals surface area contributed by atoms with Gasteiger partial charge in [-0.15, -0.1) is 0 Å². The second-order valence-corrected chi connectivity index (χ2v) is 35.0. The van der Waals surface area contributed by atoms with E-state index in [2.05, 4.69) is 149 Å². The van der Waals surface area contributed by atoms with Crippen molar-refractivity contribution in [3.63, 3.8) is 0 Å². The molecule has 0 aliphatic carbocycles. The number of Topliss-reactive ketones (excluding diaryl/α,β-unsaturated/α-hetero) is 1. The number of aromatic amines is 8. The third-order valence-corrected chi connectivity index (χ3v) is 25.3. The molecule has 3 fully saturated rings. The zero-order chi connectivity index (χ0) is 99.3. The number of hydrogen-bond acceptors (Lipinski definition) is 25. The summed E-state index contributed by atoms with van der Waals surface area (Å²) in [6.07, 6.45) is 24.0. The number of piperazine rings is 1. The molecule has 20 aromatic rings. The van der Waals surface area contributed by atoms with Crippen LogP contribution in [0.3, 0.4) is 0 Å². The predicted octanol–water partition coefficient (Wildman–Crippen LogP) is 14.2. The quantitative estimate of drug-likeness (QED) is 0.0357. The fourth-order valence-electron chi connectivity index (χ4n) is 17.4. The Bertz CT molecular complexity index is 8350. The molecule has 0 spiro atoms. The maximum Gasteiger partial charge on any atom is 0.321 e. The van der Waals surface area contributed by atoms with E-state index in [-0.39, 0.29) is 47.4 Å². The van der Waals surface area contributed by atoms with E-state index in [1.165, 1.54) is 4.90 Å². The van der Waals surface area contributed by atoms with E-state index >= 15 is 0 Å². The van der Waals surface area contributed by atoms with Gasteiger partial charge in [0.15, 0.2) is 45.9 Å². The van der Waals surface area contributed by atoms with Gasteiger partial charge < -0.3 is 71.0 Å². The van der Waals surface area contributed by atoms with Crippen molar-refractivity contribution in [1.82, 2.24) is 156 Å². The number of likely N-dealkylation sites (N-methyl/N-ethyl adjacent to an activating group) is 1. The average Bonchev–Trinajstić information content (AvgIpc) is 1.63. The topological polar surface area (TPSA) is 545 Å². The first-order valence-electron chi connectivity index (χ1n) is 46.9. The number of likely N-dealkylation sites (tertiary alicyclic amines) is 2. The SMILES string of the molecule is CCC(=O)Cc1ccc(-c2cnc3n[nH]c(-c4nc5c(C(=O)NC)cccc5[nH]4)c3c2)cn1.CCC(=O)Nc1cncc(-c2cnc3n[nH]c(-c4nc5c(C(=O)NC)cccc5[nH]4)c3c2)c1.CN(C)C(=O)Nc1cncc(-c2cnc3n[nH]c(-c4nc5c(C(=O)N6CCCC6)cccc5[nH]4)c3c2)c1.CN1CCN(C(=O)Nc2cncc(-c3cnc4n[nH]c(-c5nc6c(C(=O)N7CCCC7)cccc6[nH]5)c4c3)c2)CC1. The Morgan fingerprint density at radius 2 is 0.708 bits per heavy atom. The Hall–Kier alpha value is -18.6. The molecule has 4 aromatic carbocycles. The van der Waals surface area contributed by atoms with E-state index in [0.717, 1.165) is 159 Å². The molecule has 42 nitrogen and oxygen atoms in total. The number of aromatic nitrogens is 24. The number of nitrogens with zero attached hydrogens (tertiary/aromatic N) is 21. The van der Waals surface area contributed by atoms with Gasteiger partial charge in [0, 0.05) is 200 Å². The molecular formula is C102H96N34O8. The van der Waals surface area contributed by atoms with E-state index in [1.807, 2.05) is 131 Å². The minimum Gasteiger partial charge on any atom is -0.355 e. The van der Waals surface area contributed by atoms with Crippen LogP contribution in [0.4, 0.5) is 26.7 Å². The number of benzene rings is 4. The Labute approximate surface area is 818 Å². The van der Waals surface area contributed by atoms with Crippen molar-refractivity contribution in [1.29, 1.82) is 0 Å². The Balaban J connectivity index is 0.000000118. The number of imidazole rings is 4. The number of rotatable bonds is 19. The van der Waals surface area contributed by atoms with Crippen LogP contribution in [0.5, 0.6) is 0 Å². The molecule has 0 unspecified atom stereocenters. The summed E-state index contributed by atoms with van der Waals surface area (Å²) < 4.78 is 0. The lowest BCUT2D eigenvalue weighted by Gasteiger charge is -2.32. The van der Waals surface area contributed by atoms with Crippen LogP contribution >= 0.6 is 0 Å². The van der Waals surface area contributed by atoms with Gasteiger partial charge >= 0.3 is 12.1 Å². The molecule has 0 saturated carbocycles. The van der Waals surface area contributed by atoms with Crippen LogP contribution in [0.2, 0.25) is 0 Å². The van der Waals surface area contributed by atoms with Gasteiger partial charge in [-0.05, 0) is 130 Å². The van der Waals surface area contributed by atoms with Gasteiger partial charge in [-0.2, -0.15) is 20.4 Å². The lowest BCUT2D eigenvalue weighted by Crippen LogP contribution is -2.48. The highest BCUT2D eigenvalue weighted by Gasteiger charge is 2.29. The Morgan fingerprint density at radius 1 is 0.361 bits per heavy atom. The number of carbonyl (C=O) groups is 8. The van der Waals surface area contributed by atoms with Crippen molar-refractivity contribution in [2.75, 3.05) is 104 Å². The molecule has 9 amide bonds. The Kier molecular flexibility index (Phi) is 26.1. The summed E-state index contributed by atoms with van der Waals surface area (Å²) in [6, 6.07) is 38.9. The molecule has 19 heterocycles. The number of ketones is 1. The lowest BCUT2D eigenvalue weighted by atomic mass is 10.1. The molecule has 3 aliphatic heterocycles. The largest absolute Gasteiger partial charge is 0.355 e. The van der Waals surface area contributed by atoms with Gasteiger partial charge in [-0.3, -0.25) is 69.1 Å². The minimum atomic E-state index is -0.239. The number of fused-ring (bicyclic) bond motifs is 8. The molecule has 3 saturated heterocycles. The second-order valence-electron chi connectivity index (χ2n) is 35.0. The minimum absolute atomic E-state index is 0.00770. The summed E-state index contributed by atoms with van der Waals surface area (Å²) in [5.41, 5.74) is 21.7. The van der Waals surface area contributed by atoms with Gasteiger partial charge in [-0.1, -0.05) is 44.2 Å². The number of H-pyrrole nitrogens is 8. The molecule has 0 bridgehead atoms. The lowest BCUT2D eigenvalue weighted by molar-refractivity contribution is -0.118. The number of nitrogens with one attached hydrogen (secondary N) is 13. The number of carbonyl (C=O) groups excluding carboxylic acids is 8. The first-order chi connectivity index (χ1) is 70.1. The van der Waals surface area contributed by atoms with Gasteiger partial charge in [0.05, 0.1) is 102 Å². The van der Waals surface area contributed by atoms with E-state index in [0.29, 0.717) is 162 Å². The maximum absolute atomic E-state index is 13.2. The normalized spacial score (nSPS) is 13.1. The number of hydrogen-bond donors (Lipinski definition) is 13. The van der Waals surface area contributed by atoms with Crippen LogP contribution in [-0.4, -0.2) is 280 Å². The third-order valence-electron chi connectivity index (χ3n) is 25.3. The highest BCUT2D eigenvalue weighted by atomic mass is 16.2. The average molecular weight is 1930 g/mol. The van der Waals surface area contributed by atoms with Crippen LogP contribution in [-0.2, 0) is 16.0 Å². The van der Waals surface area contributed by atoms with Crippen molar-refractivity contribution in [3.8, 4) is 90.6 Å². The molecule has 0 radical (unpaired) electrons. The van der Waals surface area contributed by atoms with Crippen molar-refractivity contribution in [2.45, 2.75) is 58.8 Å². The first kappa shape index (κ1) is 93.0. The zero-order valence-corrected chi connectivity index (χ0v) is 79.2. The Morgan fingerprint density at radius 3 is 1.06 bits per heavy atom. The highest BCUT2D eigenvalue weighted by Crippen LogP contribution is 2.38. The van der Waals surface area contributed by atoms with Gasteiger partial charge in [0.25, 0.3) is 23.6 Å². The van der Waals surface area contributed by atoms with Crippen molar-refractivity contribution < 1.29 is 38.4 Å². The van der Waals surface area contributed by atoms with Crippen molar-refractivity contribution >= 4 is 153 Å². The standard InChI is InChI=1S/C29H30N10O2.C26H25N9O2.C24H21N7O2.C23H20N8O2/c1-37-9-11-39(12-10-37)29(41)32-20-13-18(15-30-17-20)19-14-22-25(35-36-26(22)31-16-19)27-33-23-6-4-5-21(24(23)34-27)28(40)38-7-2-3-8-38;1-34(2)26(37)29-17-10-15(12-27-14-17)16-11-19-22(32-33-23(19)28-13-16)24-30-20-7-5-6-18(21(20)31-24)25(36)35-8-3-4-9-35;1-3-16(32)10-15-8-7-13(11-26-15)14-9-18-21(30-31-22(18)27-12-14)23-28-19-6-4-5-17(20(19)29-23)24(33)25-2;1-3-18(32)27-14-7-12(9-25-11-14)13-8-16-20(30-31-21(16)26-10-13)22-28-17-6-4-5-15(19(17)29-22)23(33)24-2/h4-6,13-17H,2-3,7-12H2,1H3,(H,32,41)(H,33,34)(H,31,35,36);5-7,10-14H,3-4,8-9H2,1-2H3,(H,29,37)(H,30,31)(H,28,32,33);4-9,11-12H,3,10H2,1-2H3,(H,25,33)(H,28,29)(H,27,30,31);4-11H,3H2,1-2H3,(H,24,33)(H,27,32)(H,28,29)(H,26,30,31). The van der Waals surface area contributed by atoms with E-state index in [1.54, 1.807) is 121 Å². The molecule has 16 aromatic heterocycles. The molecule has 23 rings (SSSR count). The summed E-state index contributed by atoms with van der Waals surface area (Å²) in [5.74, 6) is 1.95. The van der Waals surface area contributed by atoms with Crippen LogP contribution in [0.25, 0.3) is 179 Å². The predicted molar refractivity (Wildman–Crippen MR) is 545 cm³/mol. The summed E-state index contributed by atoms with van der Waals surface area (Å²) in [5, 5.41) is 46.4. The van der Waals surface area contributed by atoms with E-state index in [4.69, 9.17) is 9.97 Å². The van der Waals surface area contributed by atoms with Crippen molar-refractivity contribution in [3.05, 3.63) is 224 Å².